The van der Waals surface area contributed by atoms with Gasteiger partial charge in [-0.15, -0.1) is 0 Å². The Hall–Kier alpha value is -2.86. The second kappa shape index (κ2) is 8.71. The maximum absolute atomic E-state index is 12.7. The number of carbonyl (C=O) groups is 1. The zero-order valence-corrected chi connectivity index (χ0v) is 18.8. The Labute approximate surface area is 184 Å². The number of para-hydroxylation sites is 1. The lowest BCUT2D eigenvalue weighted by Crippen LogP contribution is -2.32. The summed E-state index contributed by atoms with van der Waals surface area (Å²) in [6.45, 7) is 2.28. The first kappa shape index (κ1) is 21.4. The van der Waals surface area contributed by atoms with Crippen LogP contribution >= 0.6 is 0 Å². The predicted molar refractivity (Wildman–Crippen MR) is 127 cm³/mol. The van der Waals surface area contributed by atoms with Crippen molar-refractivity contribution in [1.29, 1.82) is 0 Å². The summed E-state index contributed by atoms with van der Waals surface area (Å²) in [6, 6.07) is 17.8. The standard InChI is InChI=1S/C25H28N2O3S/c1-3-18-8-4-5-11-23(18)27(31(2,29)30)17-7-12-24(28)26-22-16-15-20-14-13-19-9-6-10-21(22)25(19)20/h4-6,8-11,15-16H,3,7,12-14,17H2,1-2H3,(H,26,28). The minimum atomic E-state index is -3.44. The lowest BCUT2D eigenvalue weighted by atomic mass is 10.0. The van der Waals surface area contributed by atoms with Gasteiger partial charge in [0.15, 0.2) is 0 Å². The van der Waals surface area contributed by atoms with Gasteiger partial charge in [0.05, 0.1) is 11.9 Å². The molecule has 0 spiro atoms. The van der Waals surface area contributed by atoms with E-state index in [-0.39, 0.29) is 18.9 Å². The zero-order valence-electron chi connectivity index (χ0n) is 18.0. The molecule has 6 heteroatoms. The molecular weight excluding hydrogens is 408 g/mol. The summed E-state index contributed by atoms with van der Waals surface area (Å²) in [5, 5.41) is 5.38. The van der Waals surface area contributed by atoms with Gasteiger partial charge >= 0.3 is 0 Å². The topological polar surface area (TPSA) is 66.5 Å². The Morgan fingerprint density at radius 2 is 1.74 bits per heavy atom. The lowest BCUT2D eigenvalue weighted by Gasteiger charge is -2.24. The third kappa shape index (κ3) is 4.44. The summed E-state index contributed by atoms with van der Waals surface area (Å²) < 4.78 is 26.2. The van der Waals surface area contributed by atoms with Crippen LogP contribution < -0.4 is 9.62 Å². The Kier molecular flexibility index (Phi) is 6.01. The monoisotopic (exact) mass is 436 g/mol. The van der Waals surface area contributed by atoms with E-state index in [4.69, 9.17) is 0 Å². The number of rotatable bonds is 8. The molecule has 4 rings (SSSR count). The average Bonchev–Trinajstić information content (AvgIpc) is 3.17. The molecule has 0 saturated carbocycles. The van der Waals surface area contributed by atoms with Gasteiger partial charge in [0.2, 0.25) is 15.9 Å². The second-order valence-corrected chi connectivity index (χ2v) is 9.99. The molecule has 3 aromatic rings. The van der Waals surface area contributed by atoms with E-state index in [1.165, 1.54) is 27.1 Å². The molecule has 1 aliphatic rings. The predicted octanol–water partition coefficient (Wildman–Crippen LogP) is 4.69. The Balaban J connectivity index is 1.45. The molecule has 162 valence electrons. The number of hydrogen-bond donors (Lipinski definition) is 1. The van der Waals surface area contributed by atoms with Crippen LogP contribution in [0.25, 0.3) is 10.8 Å². The molecule has 1 aliphatic carbocycles. The molecule has 0 unspecified atom stereocenters. The van der Waals surface area contributed by atoms with Crippen molar-refractivity contribution in [3.05, 3.63) is 71.3 Å². The van der Waals surface area contributed by atoms with Crippen LogP contribution in [0.5, 0.6) is 0 Å². The Bertz CT molecular complexity index is 1220. The quantitative estimate of drug-likeness (QED) is 0.557. The molecule has 3 aromatic carbocycles. The van der Waals surface area contributed by atoms with Gasteiger partial charge in [0, 0.05) is 24.0 Å². The van der Waals surface area contributed by atoms with Crippen molar-refractivity contribution in [1.82, 2.24) is 0 Å². The van der Waals surface area contributed by atoms with E-state index in [0.29, 0.717) is 12.1 Å². The van der Waals surface area contributed by atoms with E-state index in [1.807, 2.05) is 43.3 Å². The Morgan fingerprint density at radius 3 is 2.48 bits per heavy atom. The van der Waals surface area contributed by atoms with Crippen LogP contribution in [0.3, 0.4) is 0 Å². The molecule has 31 heavy (non-hydrogen) atoms. The first-order valence-electron chi connectivity index (χ1n) is 10.8. The van der Waals surface area contributed by atoms with E-state index < -0.39 is 10.0 Å². The van der Waals surface area contributed by atoms with Gasteiger partial charge in [-0.3, -0.25) is 9.10 Å². The van der Waals surface area contributed by atoms with E-state index in [9.17, 15) is 13.2 Å². The van der Waals surface area contributed by atoms with E-state index >= 15 is 0 Å². The zero-order chi connectivity index (χ0) is 22.0. The summed E-state index contributed by atoms with van der Waals surface area (Å²) in [5.41, 5.74) is 5.17. The van der Waals surface area contributed by atoms with Gasteiger partial charge in [-0.1, -0.05) is 49.4 Å². The molecule has 0 atom stereocenters. The summed E-state index contributed by atoms with van der Waals surface area (Å²) >= 11 is 0. The minimum Gasteiger partial charge on any atom is -0.326 e. The SMILES string of the molecule is CCc1ccccc1N(CCCC(=O)Nc1ccc2c3c(cccc13)CC2)S(C)(=O)=O. The van der Waals surface area contributed by atoms with Crippen molar-refractivity contribution >= 4 is 38.1 Å². The molecule has 0 aliphatic heterocycles. The highest BCUT2D eigenvalue weighted by Crippen LogP contribution is 2.35. The molecule has 0 heterocycles. The fourth-order valence-corrected chi connectivity index (χ4v) is 5.47. The number of nitrogens with zero attached hydrogens (tertiary/aromatic N) is 1. The van der Waals surface area contributed by atoms with Gasteiger partial charge in [-0.05, 0) is 59.9 Å². The van der Waals surface area contributed by atoms with Crippen LogP contribution in [0.15, 0.2) is 54.6 Å². The smallest absolute Gasteiger partial charge is 0.232 e. The van der Waals surface area contributed by atoms with Crippen molar-refractivity contribution in [2.45, 2.75) is 39.0 Å². The van der Waals surface area contributed by atoms with Crippen molar-refractivity contribution in [2.24, 2.45) is 0 Å². The number of benzene rings is 3. The number of carbonyl (C=O) groups excluding carboxylic acids is 1. The first-order chi connectivity index (χ1) is 14.9. The Morgan fingerprint density at radius 1 is 1.00 bits per heavy atom. The molecule has 0 saturated heterocycles. The normalized spacial score (nSPS) is 12.8. The van der Waals surface area contributed by atoms with Crippen LogP contribution in [0, 0.1) is 0 Å². The number of sulfonamides is 1. The van der Waals surface area contributed by atoms with Gasteiger partial charge in [-0.2, -0.15) is 0 Å². The lowest BCUT2D eigenvalue weighted by molar-refractivity contribution is -0.116. The molecular formula is C25H28N2O3S. The van der Waals surface area contributed by atoms with E-state index in [2.05, 4.69) is 23.5 Å². The van der Waals surface area contributed by atoms with E-state index in [1.54, 1.807) is 0 Å². The van der Waals surface area contributed by atoms with Crippen LogP contribution in [0.2, 0.25) is 0 Å². The number of hydrogen-bond acceptors (Lipinski definition) is 3. The molecule has 1 N–H and O–H groups in total. The highest BCUT2D eigenvalue weighted by molar-refractivity contribution is 7.92. The number of amides is 1. The second-order valence-electron chi connectivity index (χ2n) is 8.08. The van der Waals surface area contributed by atoms with Crippen LogP contribution in [0.4, 0.5) is 11.4 Å². The highest BCUT2D eigenvalue weighted by atomic mass is 32.2. The van der Waals surface area contributed by atoms with Gasteiger partial charge in [0.25, 0.3) is 0 Å². The van der Waals surface area contributed by atoms with Crippen LogP contribution in [-0.4, -0.2) is 27.1 Å². The fraction of sp³-hybridized carbons (Fsp3) is 0.320. The average molecular weight is 437 g/mol. The summed E-state index contributed by atoms with van der Waals surface area (Å²) in [7, 11) is -3.44. The summed E-state index contributed by atoms with van der Waals surface area (Å²) in [4.78, 5) is 12.7. The molecule has 0 bridgehead atoms. The van der Waals surface area contributed by atoms with Gasteiger partial charge in [0.1, 0.15) is 0 Å². The molecule has 0 fully saturated rings. The van der Waals surface area contributed by atoms with Crippen molar-refractivity contribution < 1.29 is 13.2 Å². The minimum absolute atomic E-state index is 0.101. The van der Waals surface area contributed by atoms with Crippen molar-refractivity contribution in [3.63, 3.8) is 0 Å². The number of nitrogens with one attached hydrogen (secondary N) is 1. The number of anilines is 2. The summed E-state index contributed by atoms with van der Waals surface area (Å²) in [5.74, 6) is -0.101. The van der Waals surface area contributed by atoms with Gasteiger partial charge < -0.3 is 5.32 Å². The molecule has 0 radical (unpaired) electrons. The summed E-state index contributed by atoms with van der Waals surface area (Å²) in [6.07, 6.45) is 4.75. The van der Waals surface area contributed by atoms with Crippen LogP contribution in [-0.2, 0) is 34.1 Å². The maximum Gasteiger partial charge on any atom is 0.232 e. The van der Waals surface area contributed by atoms with Crippen molar-refractivity contribution in [2.75, 3.05) is 22.4 Å². The van der Waals surface area contributed by atoms with Crippen molar-refractivity contribution in [3.8, 4) is 0 Å². The third-order valence-electron chi connectivity index (χ3n) is 5.96. The molecule has 1 amide bonds. The fourth-order valence-electron chi connectivity index (χ4n) is 4.47. The van der Waals surface area contributed by atoms with E-state index in [0.717, 1.165) is 35.9 Å². The third-order valence-corrected chi connectivity index (χ3v) is 7.14. The van der Waals surface area contributed by atoms with Crippen LogP contribution in [0.1, 0.15) is 36.5 Å². The number of aryl methyl sites for hydroxylation is 3. The molecule has 0 aromatic heterocycles. The molecule has 5 nitrogen and oxygen atoms in total. The first-order valence-corrected chi connectivity index (χ1v) is 12.6. The maximum atomic E-state index is 12.7. The highest BCUT2D eigenvalue weighted by Gasteiger charge is 2.20. The van der Waals surface area contributed by atoms with Gasteiger partial charge in [-0.25, -0.2) is 8.42 Å². The largest absolute Gasteiger partial charge is 0.326 e.